The topological polar surface area (TPSA) is 111 Å². The summed E-state index contributed by atoms with van der Waals surface area (Å²) in [5.74, 6) is -0.611. The van der Waals surface area contributed by atoms with Crippen LogP contribution in [0.1, 0.15) is 12.0 Å². The second-order valence-electron chi connectivity index (χ2n) is 6.28. The maximum Gasteiger partial charge on any atom is 0.283 e. The molecule has 148 valence electrons. The number of ether oxygens (including phenoxy) is 2. The second kappa shape index (κ2) is 8.30. The van der Waals surface area contributed by atoms with Gasteiger partial charge in [-0.15, -0.1) is 0 Å². The van der Waals surface area contributed by atoms with Crippen molar-refractivity contribution >= 4 is 21.7 Å². The number of carbonyl (C=O) groups is 2. The zero-order valence-electron chi connectivity index (χ0n) is 15.2. The number of sulfone groups is 1. The Balaban J connectivity index is 1.47. The molecule has 2 amide bonds. The zero-order chi connectivity index (χ0) is 20.1. The van der Waals surface area contributed by atoms with Gasteiger partial charge < -0.3 is 9.47 Å². The number of benzene rings is 2. The molecule has 8 nitrogen and oxygen atoms in total. The molecule has 1 aliphatic heterocycles. The summed E-state index contributed by atoms with van der Waals surface area (Å²) < 4.78 is 35.5. The van der Waals surface area contributed by atoms with Gasteiger partial charge in [-0.1, -0.05) is 29.8 Å². The minimum absolute atomic E-state index is 0.000516. The lowest BCUT2D eigenvalue weighted by molar-refractivity contribution is -0.135. The van der Waals surface area contributed by atoms with Crippen LogP contribution in [-0.2, 0) is 19.4 Å². The molecular weight excluding hydrogens is 384 g/mol. The number of hydrogen-bond acceptors (Lipinski definition) is 6. The van der Waals surface area contributed by atoms with Crippen LogP contribution in [0.15, 0.2) is 53.4 Å². The van der Waals surface area contributed by atoms with E-state index < -0.39 is 27.8 Å². The van der Waals surface area contributed by atoms with E-state index in [2.05, 4.69) is 10.9 Å². The van der Waals surface area contributed by atoms with Gasteiger partial charge >= 0.3 is 0 Å². The van der Waals surface area contributed by atoms with Gasteiger partial charge in [0.25, 0.3) is 5.91 Å². The third-order valence-corrected chi connectivity index (χ3v) is 5.84. The van der Waals surface area contributed by atoms with Crippen LogP contribution in [0, 0.1) is 6.92 Å². The Labute approximate surface area is 162 Å². The molecule has 1 heterocycles. The first-order chi connectivity index (χ1) is 13.3. The molecular formula is C19H20N2O6S. The van der Waals surface area contributed by atoms with Gasteiger partial charge in [0.2, 0.25) is 12.0 Å². The van der Waals surface area contributed by atoms with Crippen molar-refractivity contribution in [3.63, 3.8) is 0 Å². The fourth-order valence-corrected chi connectivity index (χ4v) is 3.75. The quantitative estimate of drug-likeness (QED) is 0.723. The monoisotopic (exact) mass is 404 g/mol. The summed E-state index contributed by atoms with van der Waals surface area (Å²) in [6.45, 7) is 1.85. The van der Waals surface area contributed by atoms with Crippen LogP contribution < -0.4 is 20.3 Å². The van der Waals surface area contributed by atoms with Gasteiger partial charge in [0.1, 0.15) is 6.61 Å². The lowest BCUT2D eigenvalue weighted by Crippen LogP contribution is -2.51. The van der Waals surface area contributed by atoms with Crippen molar-refractivity contribution in [2.75, 3.05) is 12.4 Å². The maximum atomic E-state index is 12.2. The molecule has 1 atom stereocenters. The fourth-order valence-electron chi connectivity index (χ4n) is 2.51. The highest BCUT2D eigenvalue weighted by molar-refractivity contribution is 7.91. The molecule has 1 aliphatic rings. The van der Waals surface area contributed by atoms with Crippen molar-refractivity contribution < 1.29 is 27.5 Å². The van der Waals surface area contributed by atoms with E-state index in [-0.39, 0.29) is 23.7 Å². The van der Waals surface area contributed by atoms with Gasteiger partial charge in [-0.05, 0) is 31.2 Å². The number of hydrazine groups is 1. The van der Waals surface area contributed by atoms with E-state index in [9.17, 15) is 18.0 Å². The number of amides is 2. The Morgan fingerprint density at radius 3 is 2.43 bits per heavy atom. The molecule has 0 saturated carbocycles. The van der Waals surface area contributed by atoms with Crippen molar-refractivity contribution in [3.05, 3.63) is 54.1 Å². The van der Waals surface area contributed by atoms with Crippen LogP contribution in [0.25, 0.3) is 0 Å². The van der Waals surface area contributed by atoms with Gasteiger partial charge in [0.05, 0.1) is 10.6 Å². The first kappa shape index (κ1) is 19.7. The predicted octanol–water partition coefficient (Wildman–Crippen LogP) is 1.15. The fraction of sp³-hybridized carbons (Fsp3) is 0.263. The van der Waals surface area contributed by atoms with Crippen LogP contribution in [0.2, 0.25) is 0 Å². The van der Waals surface area contributed by atoms with Crippen molar-refractivity contribution in [2.45, 2.75) is 24.3 Å². The Morgan fingerprint density at radius 1 is 1.04 bits per heavy atom. The number of carbonyl (C=O) groups excluding carboxylic acids is 2. The minimum atomic E-state index is -3.58. The van der Waals surface area contributed by atoms with E-state index in [0.29, 0.717) is 11.5 Å². The number of rotatable bonds is 5. The van der Waals surface area contributed by atoms with Gasteiger partial charge in [0, 0.05) is 6.42 Å². The highest BCUT2D eigenvalue weighted by atomic mass is 32.2. The maximum absolute atomic E-state index is 12.2. The molecule has 0 spiro atoms. The lowest BCUT2D eigenvalue weighted by atomic mass is 10.2. The van der Waals surface area contributed by atoms with Crippen LogP contribution in [-0.4, -0.2) is 38.7 Å². The molecule has 2 aromatic rings. The Bertz CT molecular complexity index is 972. The van der Waals surface area contributed by atoms with Crippen LogP contribution in [0.5, 0.6) is 11.5 Å². The third-order valence-electron chi connectivity index (χ3n) is 4.10. The molecule has 0 unspecified atom stereocenters. The largest absolute Gasteiger partial charge is 0.485 e. The predicted molar refractivity (Wildman–Crippen MR) is 100 cm³/mol. The van der Waals surface area contributed by atoms with Gasteiger partial charge in [-0.3, -0.25) is 20.4 Å². The molecule has 0 fully saturated rings. The second-order valence-corrected chi connectivity index (χ2v) is 8.39. The summed E-state index contributed by atoms with van der Waals surface area (Å²) in [6, 6.07) is 13.3. The highest BCUT2D eigenvalue weighted by Gasteiger charge is 2.27. The molecule has 28 heavy (non-hydrogen) atoms. The lowest BCUT2D eigenvalue weighted by Gasteiger charge is -2.25. The van der Waals surface area contributed by atoms with Crippen molar-refractivity contribution in [3.8, 4) is 11.5 Å². The molecule has 3 rings (SSSR count). The molecule has 0 saturated heterocycles. The van der Waals surface area contributed by atoms with Crippen LogP contribution in [0.3, 0.4) is 0 Å². The van der Waals surface area contributed by atoms with Crippen molar-refractivity contribution in [1.82, 2.24) is 10.9 Å². The van der Waals surface area contributed by atoms with E-state index >= 15 is 0 Å². The van der Waals surface area contributed by atoms with E-state index in [4.69, 9.17) is 9.47 Å². The summed E-state index contributed by atoms with van der Waals surface area (Å²) in [6.07, 6.45) is -1.21. The third kappa shape index (κ3) is 4.80. The number of aryl methyl sites for hydroxylation is 1. The number of hydrogen-bond donors (Lipinski definition) is 2. The van der Waals surface area contributed by atoms with E-state index in [1.165, 1.54) is 12.1 Å². The first-order valence-electron chi connectivity index (χ1n) is 8.62. The van der Waals surface area contributed by atoms with Gasteiger partial charge in [-0.2, -0.15) is 0 Å². The van der Waals surface area contributed by atoms with Gasteiger partial charge in [-0.25, -0.2) is 8.42 Å². The van der Waals surface area contributed by atoms with Crippen LogP contribution >= 0.6 is 0 Å². The number of fused-ring (bicyclic) bond motifs is 1. The summed E-state index contributed by atoms with van der Waals surface area (Å²) >= 11 is 0. The average molecular weight is 404 g/mol. The Kier molecular flexibility index (Phi) is 5.84. The van der Waals surface area contributed by atoms with E-state index in [1.54, 1.807) is 36.4 Å². The number of para-hydroxylation sites is 2. The van der Waals surface area contributed by atoms with E-state index in [1.807, 2.05) is 6.92 Å². The highest BCUT2D eigenvalue weighted by Crippen LogP contribution is 2.30. The minimum Gasteiger partial charge on any atom is -0.485 e. The molecule has 0 aromatic heterocycles. The standard InChI is InChI=1S/C19H20N2O6S/c1-13-6-8-14(9-7-13)28(24,25)11-10-18(22)20-21-19(23)17-12-26-15-4-2-3-5-16(15)27-17/h2-9,17H,10-12H2,1H3,(H,20,22)(H,21,23)/t17-/m1/s1. The van der Waals surface area contributed by atoms with Crippen LogP contribution in [0.4, 0.5) is 0 Å². The molecule has 0 aliphatic carbocycles. The van der Waals surface area contributed by atoms with Crippen molar-refractivity contribution in [1.29, 1.82) is 0 Å². The zero-order valence-corrected chi connectivity index (χ0v) is 16.0. The first-order valence-corrected chi connectivity index (χ1v) is 10.3. The molecule has 0 bridgehead atoms. The Morgan fingerprint density at radius 2 is 1.71 bits per heavy atom. The normalized spacial score (nSPS) is 15.5. The molecule has 0 radical (unpaired) electrons. The molecule has 2 aromatic carbocycles. The van der Waals surface area contributed by atoms with E-state index in [0.717, 1.165) is 5.56 Å². The molecule has 2 N–H and O–H groups in total. The molecule has 9 heteroatoms. The SMILES string of the molecule is Cc1ccc(S(=O)(=O)CCC(=O)NNC(=O)[C@H]2COc3ccccc3O2)cc1. The van der Waals surface area contributed by atoms with Crippen molar-refractivity contribution in [2.24, 2.45) is 0 Å². The van der Waals surface area contributed by atoms with Gasteiger partial charge in [0.15, 0.2) is 21.3 Å². The summed E-state index contributed by atoms with van der Waals surface area (Å²) in [7, 11) is -3.58. The Hall–Kier alpha value is -3.07. The summed E-state index contributed by atoms with van der Waals surface area (Å²) in [4.78, 5) is 24.2. The summed E-state index contributed by atoms with van der Waals surface area (Å²) in [5, 5.41) is 0. The number of nitrogens with one attached hydrogen (secondary N) is 2. The summed E-state index contributed by atoms with van der Waals surface area (Å²) in [5.41, 5.74) is 5.37. The smallest absolute Gasteiger partial charge is 0.283 e. The average Bonchev–Trinajstić information content (AvgIpc) is 2.70.